The number of thioether (sulfide) groups is 1. The van der Waals surface area contributed by atoms with Crippen LogP contribution >= 0.6 is 23.1 Å². The fourth-order valence-corrected chi connectivity index (χ4v) is 12.5. The minimum absolute atomic E-state index is 0.0786. The molecule has 438 valence electrons. The van der Waals surface area contributed by atoms with Gasteiger partial charge in [0, 0.05) is 54.6 Å². The Morgan fingerprint density at radius 3 is 1.93 bits per heavy atom. The number of thiazole rings is 1. The van der Waals surface area contributed by atoms with Gasteiger partial charge in [-0.2, -0.15) is 0 Å². The number of amides is 4. The minimum Gasteiger partial charge on any atom is -0.543 e. The van der Waals surface area contributed by atoms with Gasteiger partial charge in [0.2, 0.25) is 5.75 Å². The number of likely N-dealkylation sites (N-methyl/N-ethyl adjacent to an activating group) is 1. The van der Waals surface area contributed by atoms with Crippen LogP contribution in [-0.2, 0) is 48.4 Å². The molecule has 3 fully saturated rings. The van der Waals surface area contributed by atoms with Gasteiger partial charge in [0.1, 0.15) is 72.9 Å². The maximum atomic E-state index is 14.8. The second-order valence-corrected chi connectivity index (χ2v) is 23.6. The number of ether oxygens (including phenoxy) is 7. The van der Waals surface area contributed by atoms with Crippen LogP contribution < -0.4 is 44.4 Å². The Labute approximate surface area is 491 Å². The average molecular weight is 1180 g/mol. The van der Waals surface area contributed by atoms with Crippen LogP contribution in [0, 0.1) is 0 Å². The Morgan fingerprint density at radius 1 is 0.783 bits per heavy atom. The van der Waals surface area contributed by atoms with E-state index in [0.717, 1.165) is 76.1 Å². The summed E-state index contributed by atoms with van der Waals surface area (Å²) in [5.74, 6) is 1.89. The third-order valence-corrected chi connectivity index (χ3v) is 17.1. The van der Waals surface area contributed by atoms with Crippen molar-refractivity contribution in [1.29, 1.82) is 0 Å². The van der Waals surface area contributed by atoms with Crippen LogP contribution in [0.3, 0.4) is 0 Å². The molecule has 6 atom stereocenters. The number of hydrogen-bond donors (Lipinski definition) is 3. The van der Waals surface area contributed by atoms with Crippen molar-refractivity contribution >= 4 is 71.8 Å². The van der Waals surface area contributed by atoms with E-state index in [9.17, 15) is 24.0 Å². The molecule has 9 rings (SSSR count). The van der Waals surface area contributed by atoms with Crippen molar-refractivity contribution in [2.75, 3.05) is 52.6 Å². The van der Waals surface area contributed by atoms with Crippen LogP contribution in [0.1, 0.15) is 85.6 Å². The molecule has 0 radical (unpaired) electrons. The van der Waals surface area contributed by atoms with E-state index in [1.54, 1.807) is 70.9 Å². The van der Waals surface area contributed by atoms with E-state index >= 15 is 0 Å². The van der Waals surface area contributed by atoms with Crippen LogP contribution in [0.2, 0.25) is 0 Å². The van der Waals surface area contributed by atoms with Crippen molar-refractivity contribution in [2.45, 2.75) is 108 Å². The molecule has 21 nitrogen and oxygen atoms in total. The van der Waals surface area contributed by atoms with Crippen molar-refractivity contribution in [3.8, 4) is 34.5 Å². The molecule has 24 heteroatoms. The van der Waals surface area contributed by atoms with Gasteiger partial charge in [-0.15, -0.1) is 23.1 Å². The zero-order valence-electron chi connectivity index (χ0n) is 47.7. The normalized spacial score (nSPS) is 20.8. The van der Waals surface area contributed by atoms with Crippen LogP contribution in [-0.4, -0.2) is 140 Å². The third-order valence-electron chi connectivity index (χ3n) is 14.9. The second kappa shape index (κ2) is 26.5. The molecule has 83 heavy (non-hydrogen) atoms. The Hall–Kier alpha value is -7.96. The summed E-state index contributed by atoms with van der Waals surface area (Å²) in [7, 11) is 8.37. The predicted octanol–water partition coefficient (Wildman–Crippen LogP) is 7.31. The fraction of sp³-hybridized carbons (Fsp3) is 0.407. The summed E-state index contributed by atoms with van der Waals surface area (Å²) in [5.41, 5.74) is 3.11. The molecule has 0 saturated carbocycles. The predicted molar refractivity (Wildman–Crippen MR) is 314 cm³/mol. The van der Waals surface area contributed by atoms with Gasteiger partial charge in [0.15, 0.2) is 22.3 Å². The molecule has 3 saturated heterocycles. The van der Waals surface area contributed by atoms with E-state index in [0.29, 0.717) is 28.6 Å². The lowest BCUT2D eigenvalue weighted by molar-refractivity contribution is -0.944. The lowest BCUT2D eigenvalue weighted by atomic mass is 9.93. The molecule has 0 spiro atoms. The van der Waals surface area contributed by atoms with Crippen molar-refractivity contribution < 1.29 is 71.1 Å². The summed E-state index contributed by atoms with van der Waals surface area (Å²) in [6.45, 7) is 6.20. The molecule has 0 unspecified atom stereocenters. The molecule has 4 aromatic carbocycles. The molecular formula is C59H69BN7O14S2+. The first kappa shape index (κ1) is 59.7. The molecule has 5 aromatic rings. The van der Waals surface area contributed by atoms with Crippen LogP contribution in [0.25, 0.3) is 0 Å². The molecule has 4 aliphatic heterocycles. The van der Waals surface area contributed by atoms with E-state index < -0.39 is 29.6 Å². The summed E-state index contributed by atoms with van der Waals surface area (Å²) in [6.07, 6.45) is 4.55. The number of piperidine rings is 1. The molecule has 4 aliphatic rings. The average Bonchev–Trinajstić information content (AvgIpc) is 3.71. The smallest absolute Gasteiger partial charge is 0.413 e. The van der Waals surface area contributed by atoms with Gasteiger partial charge in [-0.25, -0.2) is 9.78 Å². The number of oxime groups is 1. The highest BCUT2D eigenvalue weighted by atomic mass is 32.2. The van der Waals surface area contributed by atoms with Gasteiger partial charge in [-0.05, 0) is 86.0 Å². The number of nitrogens with one attached hydrogen (secondary N) is 3. The molecular weight excluding hydrogens is 1110 g/mol. The maximum Gasteiger partial charge on any atom is 0.413 e. The number of carbonyl (C=O) groups excluding carboxylic acids is 5. The number of nitrogens with zero attached hydrogens (tertiary/aromatic N) is 4. The molecule has 5 heterocycles. The highest BCUT2D eigenvalue weighted by Gasteiger charge is 2.54. The molecule has 1 aromatic heterocycles. The van der Waals surface area contributed by atoms with E-state index in [-0.39, 0.29) is 96.2 Å². The number of benzene rings is 4. The highest BCUT2D eigenvalue weighted by molar-refractivity contribution is 8.00. The SMILES string of the molecule is BOC(=O)CCO/N=C(\C(=O)N[C@@H]1C(=O)N2C=C(C[N@+]3(C)[C@@H]4CC[C@H]3C[C@@H](NC(=O)c3ccc(OCc5ccc(OC)cc5)c(OCc5ccc(OC)cc5)c3OCc3ccc(OC)cc3)C4)CS[C@H]12)c1csc(NC(=O)OC(C)(C)C)n1. The van der Waals surface area contributed by atoms with Gasteiger partial charge < -0.3 is 62.7 Å². The molecule has 3 N–H and O–H groups in total. The zero-order chi connectivity index (χ0) is 58.8. The van der Waals surface area contributed by atoms with Crippen molar-refractivity contribution in [1.82, 2.24) is 20.5 Å². The monoisotopic (exact) mass is 1170 g/mol. The quantitative estimate of drug-likeness (QED) is 0.0137. The standard InChI is InChI=1S/C59H68BN7O14S2/c1-59(2,3)80-58(72)64-57-62-46(34-83-57)49(65-79-25-24-48(68)81-60)54(70)63-50-55(71)66-28-38(33-82-56(50)66)29-67(4)40-14-15-41(67)27-39(26-40)61-53(69)45-22-23-47(76-30-35-8-16-42(73-5)17-9-35)52(78-32-37-12-20-44(75-7)21-13-37)51(45)77-31-36-10-18-43(74-6)19-11-36/h8-13,16-23,28,34,39-41,50,56H,14-15,24-27,29-33,60H2,1-7H3,(H2-,61,62,63,64,69,70,72)/p+1/b65-49-/t39-,40+,41-,50-,56-,67+/m1/s1. The van der Waals surface area contributed by atoms with Gasteiger partial charge in [-0.1, -0.05) is 41.6 Å². The van der Waals surface area contributed by atoms with Gasteiger partial charge in [0.05, 0.1) is 52.4 Å². The number of rotatable bonds is 24. The van der Waals surface area contributed by atoms with Crippen molar-refractivity contribution in [3.63, 3.8) is 0 Å². The van der Waals surface area contributed by atoms with Crippen LogP contribution in [0.5, 0.6) is 34.5 Å². The van der Waals surface area contributed by atoms with E-state index in [2.05, 4.69) is 37.8 Å². The van der Waals surface area contributed by atoms with Crippen LogP contribution in [0.15, 0.2) is 107 Å². The topological polar surface area (TPSA) is 233 Å². The number of methoxy groups -OCH3 is 3. The first-order valence-corrected chi connectivity index (χ1v) is 29.1. The molecule has 2 bridgehead atoms. The Bertz CT molecular complexity index is 3190. The maximum absolute atomic E-state index is 14.8. The highest BCUT2D eigenvalue weighted by Crippen LogP contribution is 2.46. The largest absolute Gasteiger partial charge is 0.543 e. The lowest BCUT2D eigenvalue weighted by Gasteiger charge is -2.50. The van der Waals surface area contributed by atoms with Crippen molar-refractivity contribution in [2.24, 2.45) is 5.16 Å². The third kappa shape index (κ3) is 14.6. The van der Waals surface area contributed by atoms with Gasteiger partial charge >= 0.3 is 14.1 Å². The Kier molecular flexibility index (Phi) is 19.1. The summed E-state index contributed by atoms with van der Waals surface area (Å²) in [5, 5.41) is 14.1. The van der Waals surface area contributed by atoms with E-state index in [1.807, 2.05) is 79.0 Å². The summed E-state index contributed by atoms with van der Waals surface area (Å²) >= 11 is 2.61. The number of β-lactam (4-membered cyclic amide) rings is 1. The number of anilines is 1. The number of carbonyl (C=O) groups is 5. The molecule has 0 aliphatic carbocycles. The van der Waals surface area contributed by atoms with Crippen molar-refractivity contribution in [3.05, 3.63) is 130 Å². The Balaban J connectivity index is 0.876. The van der Waals surface area contributed by atoms with E-state index in [1.165, 1.54) is 13.4 Å². The lowest BCUT2D eigenvalue weighted by Crippen LogP contribution is -2.69. The van der Waals surface area contributed by atoms with E-state index in [4.69, 9.17) is 38.0 Å². The summed E-state index contributed by atoms with van der Waals surface area (Å²) < 4.78 is 46.7. The first-order valence-electron chi connectivity index (χ1n) is 27.2. The summed E-state index contributed by atoms with van der Waals surface area (Å²) in [4.78, 5) is 78.1. The first-order chi connectivity index (χ1) is 39.9. The Morgan fingerprint density at radius 2 is 1.36 bits per heavy atom. The summed E-state index contributed by atoms with van der Waals surface area (Å²) in [6, 6.07) is 25.7. The second-order valence-electron chi connectivity index (χ2n) is 21.7. The zero-order valence-corrected chi connectivity index (χ0v) is 49.4. The number of aromatic nitrogens is 1. The minimum atomic E-state index is -0.864. The number of fused-ring (bicyclic) bond motifs is 3. The van der Waals surface area contributed by atoms with Crippen LogP contribution in [0.4, 0.5) is 9.93 Å². The van der Waals surface area contributed by atoms with Gasteiger partial charge in [0.25, 0.3) is 23.7 Å². The molecule has 4 amide bonds. The number of quaternary nitrogens is 1. The van der Waals surface area contributed by atoms with Gasteiger partial charge in [-0.3, -0.25) is 24.5 Å². The number of hydrogen-bond acceptors (Lipinski definition) is 18. The fourth-order valence-electron chi connectivity index (χ4n) is 10.6.